The Bertz CT molecular complexity index is 1580. The molecule has 2 bridgehead atoms. The van der Waals surface area contributed by atoms with E-state index in [1.807, 2.05) is 62.4 Å². The minimum atomic E-state index is -1.31. The number of allylic oxidation sites excluding steroid dienone is 1. The van der Waals surface area contributed by atoms with E-state index in [0.29, 0.717) is 24.1 Å². The number of nitrogens with one attached hydrogen (secondary N) is 1. The Kier molecular flexibility index (Phi) is 11.5. The van der Waals surface area contributed by atoms with Gasteiger partial charge in [0.1, 0.15) is 17.7 Å². The number of fused-ring (bicyclic) bond motifs is 1. The highest BCUT2D eigenvalue weighted by molar-refractivity contribution is 9.09. The van der Waals surface area contributed by atoms with Gasteiger partial charge in [0, 0.05) is 36.6 Å². The Balaban J connectivity index is 1.51. The van der Waals surface area contributed by atoms with Crippen molar-refractivity contribution in [3.05, 3.63) is 90.5 Å². The molecule has 0 saturated carbocycles. The number of aliphatic hydroxyl groups is 1. The van der Waals surface area contributed by atoms with E-state index >= 15 is 0 Å². The minimum Gasteiger partial charge on any atom is -0.455 e. The number of likely N-dealkylation sites (tertiary alicyclic amines) is 1. The van der Waals surface area contributed by atoms with Crippen LogP contribution < -0.4 is 10.2 Å². The molecule has 2 aromatic carbocycles. The minimum absolute atomic E-state index is 0.113. The van der Waals surface area contributed by atoms with Crippen LogP contribution in [0.4, 0.5) is 5.69 Å². The van der Waals surface area contributed by atoms with Crippen LogP contribution in [0, 0.1) is 25.7 Å². The molecule has 262 valence electrons. The van der Waals surface area contributed by atoms with Gasteiger partial charge in [-0.2, -0.15) is 0 Å². The van der Waals surface area contributed by atoms with Crippen LogP contribution in [0.1, 0.15) is 55.4 Å². The molecule has 3 fully saturated rings. The van der Waals surface area contributed by atoms with E-state index in [4.69, 9.17) is 9.47 Å². The first-order valence-corrected chi connectivity index (χ1v) is 17.8. The summed E-state index contributed by atoms with van der Waals surface area (Å²) in [5.74, 6) is -3.55. The quantitative estimate of drug-likeness (QED) is 0.154. The number of nitrogens with zero attached hydrogens (tertiary/aromatic N) is 2. The number of ether oxygens (including phenoxy) is 2. The lowest BCUT2D eigenvalue weighted by Gasteiger charge is -2.37. The summed E-state index contributed by atoms with van der Waals surface area (Å²) in [6.07, 6.45) is 3.07. The van der Waals surface area contributed by atoms with Crippen LogP contribution in [-0.2, 0) is 28.7 Å². The van der Waals surface area contributed by atoms with Crippen LogP contribution in [0.15, 0.2) is 73.8 Å². The number of rotatable bonds is 15. The third-order valence-corrected chi connectivity index (χ3v) is 10.7. The van der Waals surface area contributed by atoms with Gasteiger partial charge < -0.3 is 29.7 Å². The number of carbonyl (C=O) groups excluding carboxylic acids is 4. The summed E-state index contributed by atoms with van der Waals surface area (Å²) >= 11 is 3.73. The summed E-state index contributed by atoms with van der Waals surface area (Å²) in [5, 5.41) is 12.7. The van der Waals surface area contributed by atoms with Crippen LogP contribution in [0.25, 0.3) is 0 Å². The predicted octanol–water partition coefficient (Wildman–Crippen LogP) is 4.71. The number of alkyl halides is 1. The SMILES string of the molecule is C=CCCC(=O)N[C@@H](C)[C@H](OC(=O)[C@H]1[C@@H]2O[C@@]3(CC2Br)[C@@H]1C(=O)N(CCCO)[C@@H]3C(=O)N(CC=C)c1cc(C)ccc1C)c1ccccc1. The fourth-order valence-electron chi connectivity index (χ4n) is 7.69. The van der Waals surface area contributed by atoms with E-state index in [-0.39, 0.29) is 55.1 Å². The van der Waals surface area contributed by atoms with Gasteiger partial charge in [-0.3, -0.25) is 19.2 Å². The highest BCUT2D eigenvalue weighted by Crippen LogP contribution is 2.60. The number of halogens is 1. The van der Waals surface area contributed by atoms with Gasteiger partial charge in [0.2, 0.25) is 11.8 Å². The molecular formula is C38H46BrN3O7. The van der Waals surface area contributed by atoms with Gasteiger partial charge in [-0.15, -0.1) is 13.2 Å². The molecular weight excluding hydrogens is 690 g/mol. The lowest BCUT2D eigenvalue weighted by atomic mass is 9.70. The Morgan fingerprint density at radius 2 is 1.92 bits per heavy atom. The van der Waals surface area contributed by atoms with Crippen molar-refractivity contribution in [1.29, 1.82) is 0 Å². The largest absolute Gasteiger partial charge is 0.455 e. The molecule has 49 heavy (non-hydrogen) atoms. The lowest BCUT2D eigenvalue weighted by Crippen LogP contribution is -2.57. The monoisotopic (exact) mass is 735 g/mol. The molecule has 1 unspecified atom stereocenters. The van der Waals surface area contributed by atoms with E-state index in [2.05, 4.69) is 34.4 Å². The average Bonchev–Trinajstić information content (AvgIpc) is 3.68. The number of esters is 1. The summed E-state index contributed by atoms with van der Waals surface area (Å²) in [7, 11) is 0. The zero-order chi connectivity index (χ0) is 35.5. The highest BCUT2D eigenvalue weighted by Gasteiger charge is 2.77. The number of hydrogen-bond donors (Lipinski definition) is 2. The van der Waals surface area contributed by atoms with Crippen LogP contribution in [-0.4, -0.2) is 82.0 Å². The van der Waals surface area contributed by atoms with Gasteiger partial charge in [0.15, 0.2) is 0 Å². The van der Waals surface area contributed by atoms with Crippen molar-refractivity contribution in [2.75, 3.05) is 24.6 Å². The van der Waals surface area contributed by atoms with Crippen molar-refractivity contribution >= 4 is 45.3 Å². The summed E-state index contributed by atoms with van der Waals surface area (Å²) in [4.78, 5) is 59.1. The number of amides is 3. The maximum Gasteiger partial charge on any atom is 0.313 e. The van der Waals surface area contributed by atoms with Gasteiger partial charge in [0.25, 0.3) is 5.91 Å². The number of anilines is 1. The van der Waals surface area contributed by atoms with Crippen molar-refractivity contribution in [3.63, 3.8) is 0 Å². The van der Waals surface area contributed by atoms with E-state index < -0.39 is 47.7 Å². The summed E-state index contributed by atoms with van der Waals surface area (Å²) in [6, 6.07) is 13.4. The molecule has 8 atom stereocenters. The zero-order valence-corrected chi connectivity index (χ0v) is 29.9. The van der Waals surface area contributed by atoms with Gasteiger partial charge in [0.05, 0.1) is 24.0 Å². The second kappa shape index (κ2) is 15.4. The molecule has 3 amide bonds. The van der Waals surface area contributed by atoms with Gasteiger partial charge >= 0.3 is 5.97 Å². The fourth-order valence-corrected chi connectivity index (χ4v) is 8.64. The summed E-state index contributed by atoms with van der Waals surface area (Å²) < 4.78 is 12.9. The van der Waals surface area contributed by atoms with E-state index in [9.17, 15) is 24.3 Å². The molecule has 0 aromatic heterocycles. The Labute approximate surface area is 296 Å². The standard InChI is InChI=1S/C38H46BrN3O7/c1-6-8-15-29(44)40-25(5)32(26-13-10-9-11-14-26)48-37(47)30-31-35(45)42(19-12-20-43)34(38(31)22-27(39)33(30)49-38)36(46)41(18-7-2)28-21-23(3)16-17-24(28)4/h6-7,9-11,13-14,16-17,21,25,27,30-34,43H,1-2,8,12,15,18-20,22H2,3-5H3,(H,40,44)/t25-,27?,30+,31-,32-,33+,34+,38-/m0/s1. The topological polar surface area (TPSA) is 125 Å². The van der Waals surface area contributed by atoms with Crippen molar-refractivity contribution < 1.29 is 33.8 Å². The Morgan fingerprint density at radius 3 is 2.59 bits per heavy atom. The molecule has 3 saturated heterocycles. The average molecular weight is 737 g/mol. The second-order valence-corrected chi connectivity index (χ2v) is 14.4. The molecule has 0 radical (unpaired) electrons. The molecule has 2 N–H and O–H groups in total. The number of aliphatic hydroxyl groups excluding tert-OH is 1. The normalized spacial score (nSPS) is 26.5. The molecule has 2 aromatic rings. The van der Waals surface area contributed by atoms with Gasteiger partial charge in [-0.05, 0) is 62.8 Å². The summed E-state index contributed by atoms with van der Waals surface area (Å²) in [6.45, 7) is 13.3. The molecule has 3 aliphatic rings. The Hall–Kier alpha value is -3.80. The van der Waals surface area contributed by atoms with Crippen LogP contribution in [0.2, 0.25) is 0 Å². The zero-order valence-electron chi connectivity index (χ0n) is 28.3. The third kappa shape index (κ3) is 6.98. The molecule has 3 heterocycles. The predicted molar refractivity (Wildman–Crippen MR) is 190 cm³/mol. The van der Waals surface area contributed by atoms with Gasteiger partial charge in [-0.1, -0.05) is 70.5 Å². The first-order chi connectivity index (χ1) is 23.5. The second-order valence-electron chi connectivity index (χ2n) is 13.3. The van der Waals surface area contributed by atoms with E-state index in [1.54, 1.807) is 24.0 Å². The maximum absolute atomic E-state index is 14.8. The molecule has 0 aliphatic carbocycles. The number of carbonyl (C=O) groups is 4. The first-order valence-electron chi connectivity index (χ1n) is 16.9. The van der Waals surface area contributed by atoms with Crippen LogP contribution in [0.5, 0.6) is 0 Å². The first kappa shape index (κ1) is 36.5. The van der Waals surface area contributed by atoms with Crippen molar-refractivity contribution in [2.45, 2.75) is 81.2 Å². The van der Waals surface area contributed by atoms with Crippen LogP contribution in [0.3, 0.4) is 0 Å². The highest BCUT2D eigenvalue weighted by atomic mass is 79.9. The number of aryl methyl sites for hydroxylation is 2. The van der Waals surface area contributed by atoms with Crippen molar-refractivity contribution in [1.82, 2.24) is 10.2 Å². The molecule has 1 spiro atoms. The third-order valence-electron chi connectivity index (χ3n) is 9.88. The number of hydrogen-bond acceptors (Lipinski definition) is 7. The maximum atomic E-state index is 14.8. The smallest absolute Gasteiger partial charge is 0.313 e. The van der Waals surface area contributed by atoms with E-state index in [0.717, 1.165) is 11.1 Å². The molecule has 3 aliphatic heterocycles. The molecule has 5 rings (SSSR count). The number of benzene rings is 2. The van der Waals surface area contributed by atoms with Crippen LogP contribution >= 0.6 is 15.9 Å². The van der Waals surface area contributed by atoms with E-state index in [1.165, 1.54) is 4.90 Å². The molecule has 10 nitrogen and oxygen atoms in total. The van der Waals surface area contributed by atoms with Crippen molar-refractivity contribution in [2.24, 2.45) is 11.8 Å². The van der Waals surface area contributed by atoms with Gasteiger partial charge in [-0.25, -0.2) is 0 Å². The lowest BCUT2D eigenvalue weighted by molar-refractivity contribution is -0.162. The summed E-state index contributed by atoms with van der Waals surface area (Å²) in [5.41, 5.74) is 1.93. The fraction of sp³-hybridized carbons (Fsp3) is 0.474. The Morgan fingerprint density at radius 1 is 1.18 bits per heavy atom. The molecule has 11 heteroatoms. The van der Waals surface area contributed by atoms with Crippen molar-refractivity contribution in [3.8, 4) is 0 Å².